The molecule has 104 valence electrons. The van der Waals surface area contributed by atoms with Gasteiger partial charge in [-0.1, -0.05) is 12.1 Å². The van der Waals surface area contributed by atoms with Crippen molar-refractivity contribution in [3.63, 3.8) is 0 Å². The van der Waals surface area contributed by atoms with Gasteiger partial charge in [0.15, 0.2) is 0 Å². The molecule has 1 aromatic heterocycles. The predicted octanol–water partition coefficient (Wildman–Crippen LogP) is 3.63. The van der Waals surface area contributed by atoms with Gasteiger partial charge in [0.25, 0.3) is 0 Å². The van der Waals surface area contributed by atoms with Crippen LogP contribution in [0.3, 0.4) is 0 Å². The lowest BCUT2D eigenvalue weighted by Crippen LogP contribution is -2.05. The average Bonchev–Trinajstić information content (AvgIpc) is 2.47. The van der Waals surface area contributed by atoms with Crippen molar-refractivity contribution >= 4 is 27.7 Å². The number of rotatable bonds is 5. The van der Waals surface area contributed by atoms with Crippen molar-refractivity contribution < 1.29 is 9.53 Å². The maximum atomic E-state index is 11.5. The number of ether oxygens (including phenoxy) is 1. The Morgan fingerprint density at radius 1 is 1.25 bits per heavy atom. The molecule has 4 nitrogen and oxygen atoms in total. The molecule has 2 aromatic rings. The Morgan fingerprint density at radius 2 is 2.00 bits per heavy atom. The molecule has 0 amide bonds. The number of halogens is 1. The van der Waals surface area contributed by atoms with Gasteiger partial charge in [0, 0.05) is 17.2 Å². The molecule has 1 N–H and O–H groups in total. The lowest BCUT2D eigenvalue weighted by Gasteiger charge is -2.07. The molecular weight excluding hydrogens is 320 g/mol. The summed E-state index contributed by atoms with van der Waals surface area (Å²) >= 11 is 3.34. The number of hydrogen-bond acceptors (Lipinski definition) is 4. The monoisotopic (exact) mass is 334 g/mol. The van der Waals surface area contributed by atoms with Crippen molar-refractivity contribution in [1.82, 2.24) is 4.98 Å². The van der Waals surface area contributed by atoms with Crippen molar-refractivity contribution in [2.75, 3.05) is 11.9 Å². The van der Waals surface area contributed by atoms with Crippen LogP contribution in [-0.2, 0) is 11.3 Å². The summed E-state index contributed by atoms with van der Waals surface area (Å²) in [5.41, 5.74) is 1.64. The van der Waals surface area contributed by atoms with Gasteiger partial charge in [0.1, 0.15) is 5.82 Å². The standard InChI is InChI=1S/C15H15BrN2O2/c1-2-20-15(19)12-5-3-11(4-6-12)9-17-14-8-7-13(16)10-18-14/h3-8,10H,2,9H2,1H3,(H,17,18). The molecular formula is C15H15BrN2O2. The summed E-state index contributed by atoms with van der Waals surface area (Å²) in [4.78, 5) is 15.7. The van der Waals surface area contributed by atoms with E-state index in [9.17, 15) is 4.79 Å². The maximum Gasteiger partial charge on any atom is 0.338 e. The highest BCUT2D eigenvalue weighted by atomic mass is 79.9. The van der Waals surface area contributed by atoms with E-state index >= 15 is 0 Å². The quantitative estimate of drug-likeness (QED) is 0.848. The first-order valence-electron chi connectivity index (χ1n) is 6.30. The number of nitrogens with one attached hydrogen (secondary N) is 1. The predicted molar refractivity (Wildman–Crippen MR) is 81.7 cm³/mol. The number of hydrogen-bond donors (Lipinski definition) is 1. The number of esters is 1. The Labute approximate surface area is 126 Å². The van der Waals surface area contributed by atoms with Crippen LogP contribution in [0.4, 0.5) is 5.82 Å². The largest absolute Gasteiger partial charge is 0.462 e. The second-order valence-electron chi connectivity index (χ2n) is 4.13. The van der Waals surface area contributed by atoms with Crippen molar-refractivity contribution in [1.29, 1.82) is 0 Å². The van der Waals surface area contributed by atoms with Gasteiger partial charge in [-0.25, -0.2) is 9.78 Å². The van der Waals surface area contributed by atoms with Gasteiger partial charge in [-0.3, -0.25) is 0 Å². The summed E-state index contributed by atoms with van der Waals surface area (Å²) in [6.45, 7) is 2.83. The molecule has 0 spiro atoms. The lowest BCUT2D eigenvalue weighted by atomic mass is 10.1. The topological polar surface area (TPSA) is 51.2 Å². The van der Waals surface area contributed by atoms with E-state index in [0.717, 1.165) is 15.9 Å². The minimum absolute atomic E-state index is 0.290. The van der Waals surface area contributed by atoms with Crippen LogP contribution >= 0.6 is 15.9 Å². The van der Waals surface area contributed by atoms with Crippen molar-refractivity contribution in [2.45, 2.75) is 13.5 Å². The third kappa shape index (κ3) is 4.06. The Bertz CT molecular complexity index is 567. The summed E-state index contributed by atoms with van der Waals surface area (Å²) in [6, 6.07) is 11.2. The molecule has 0 aliphatic carbocycles. The summed E-state index contributed by atoms with van der Waals surface area (Å²) < 4.78 is 5.89. The molecule has 2 rings (SSSR count). The summed E-state index contributed by atoms with van der Waals surface area (Å²) in [5.74, 6) is 0.518. The first-order valence-corrected chi connectivity index (χ1v) is 7.10. The molecule has 1 heterocycles. The Hall–Kier alpha value is -1.88. The van der Waals surface area contributed by atoms with E-state index in [-0.39, 0.29) is 5.97 Å². The van der Waals surface area contributed by atoms with E-state index in [1.165, 1.54) is 0 Å². The van der Waals surface area contributed by atoms with Gasteiger partial charge in [-0.15, -0.1) is 0 Å². The zero-order valence-electron chi connectivity index (χ0n) is 11.1. The van der Waals surface area contributed by atoms with Gasteiger partial charge >= 0.3 is 5.97 Å². The highest BCUT2D eigenvalue weighted by Gasteiger charge is 2.05. The molecule has 0 unspecified atom stereocenters. The maximum absolute atomic E-state index is 11.5. The Kier molecular flexibility index (Phi) is 5.12. The molecule has 0 radical (unpaired) electrons. The zero-order chi connectivity index (χ0) is 14.4. The Morgan fingerprint density at radius 3 is 2.60 bits per heavy atom. The fourth-order valence-electron chi connectivity index (χ4n) is 1.65. The van der Waals surface area contributed by atoms with E-state index in [1.807, 2.05) is 24.3 Å². The van der Waals surface area contributed by atoms with Crippen LogP contribution in [0.1, 0.15) is 22.8 Å². The minimum Gasteiger partial charge on any atom is -0.462 e. The van der Waals surface area contributed by atoms with Crippen LogP contribution in [0.25, 0.3) is 0 Å². The summed E-state index contributed by atoms with van der Waals surface area (Å²) in [5, 5.41) is 3.21. The fraction of sp³-hybridized carbons (Fsp3) is 0.200. The number of benzene rings is 1. The van der Waals surface area contributed by atoms with Crippen LogP contribution in [0.5, 0.6) is 0 Å². The van der Waals surface area contributed by atoms with Crippen molar-refractivity contribution in [2.24, 2.45) is 0 Å². The SMILES string of the molecule is CCOC(=O)c1ccc(CNc2ccc(Br)cn2)cc1. The van der Waals surface area contributed by atoms with Crippen LogP contribution < -0.4 is 5.32 Å². The fourth-order valence-corrected chi connectivity index (χ4v) is 1.88. The van der Waals surface area contributed by atoms with Crippen LogP contribution in [0.15, 0.2) is 47.1 Å². The van der Waals surface area contributed by atoms with Crippen molar-refractivity contribution in [3.05, 3.63) is 58.2 Å². The number of nitrogens with zero attached hydrogens (tertiary/aromatic N) is 1. The van der Waals surface area contributed by atoms with Crippen molar-refractivity contribution in [3.8, 4) is 0 Å². The number of pyridine rings is 1. The Balaban J connectivity index is 1.93. The second kappa shape index (κ2) is 7.05. The van der Waals surface area contributed by atoms with E-state index < -0.39 is 0 Å². The zero-order valence-corrected chi connectivity index (χ0v) is 12.7. The molecule has 0 saturated heterocycles. The molecule has 0 saturated carbocycles. The van der Waals surface area contributed by atoms with Crippen LogP contribution in [0.2, 0.25) is 0 Å². The third-order valence-corrected chi connectivity index (χ3v) is 3.14. The molecule has 1 aromatic carbocycles. The second-order valence-corrected chi connectivity index (χ2v) is 5.05. The van der Waals surface area contributed by atoms with Crippen LogP contribution in [0, 0.1) is 0 Å². The average molecular weight is 335 g/mol. The highest BCUT2D eigenvalue weighted by molar-refractivity contribution is 9.10. The van der Waals surface area contributed by atoms with Gasteiger partial charge in [-0.05, 0) is 52.7 Å². The molecule has 20 heavy (non-hydrogen) atoms. The first kappa shape index (κ1) is 14.5. The van der Waals surface area contributed by atoms with Gasteiger partial charge in [0.2, 0.25) is 0 Å². The van der Waals surface area contributed by atoms with E-state index in [0.29, 0.717) is 18.7 Å². The highest BCUT2D eigenvalue weighted by Crippen LogP contribution is 2.12. The van der Waals surface area contributed by atoms with E-state index in [4.69, 9.17) is 4.74 Å². The molecule has 0 aliphatic rings. The molecule has 0 fully saturated rings. The van der Waals surface area contributed by atoms with E-state index in [1.54, 1.807) is 25.3 Å². The summed E-state index contributed by atoms with van der Waals surface area (Å²) in [6.07, 6.45) is 1.74. The van der Waals surface area contributed by atoms with Crippen LogP contribution in [-0.4, -0.2) is 17.6 Å². The van der Waals surface area contributed by atoms with Gasteiger partial charge < -0.3 is 10.1 Å². The first-order chi connectivity index (χ1) is 9.69. The van der Waals surface area contributed by atoms with Gasteiger partial charge in [-0.2, -0.15) is 0 Å². The minimum atomic E-state index is -0.290. The normalized spacial score (nSPS) is 10.1. The smallest absolute Gasteiger partial charge is 0.338 e. The third-order valence-electron chi connectivity index (χ3n) is 2.67. The lowest BCUT2D eigenvalue weighted by molar-refractivity contribution is 0.0526. The van der Waals surface area contributed by atoms with E-state index in [2.05, 4.69) is 26.2 Å². The number of aromatic nitrogens is 1. The molecule has 5 heteroatoms. The molecule has 0 bridgehead atoms. The number of carbonyl (C=O) groups is 1. The molecule has 0 atom stereocenters. The van der Waals surface area contributed by atoms with Gasteiger partial charge in [0.05, 0.1) is 12.2 Å². The summed E-state index contributed by atoms with van der Waals surface area (Å²) in [7, 11) is 0. The number of carbonyl (C=O) groups excluding carboxylic acids is 1. The molecule has 0 aliphatic heterocycles. The number of anilines is 1.